The van der Waals surface area contributed by atoms with Gasteiger partial charge in [-0.25, -0.2) is 0 Å². The predicted octanol–water partition coefficient (Wildman–Crippen LogP) is 9.64. The maximum Gasteiger partial charge on any atom is -0.0155 e. The number of unbranched alkanes of at least 4 members (excludes halogenated alkanes) is 13. The molecule has 0 nitrogen and oxygen atoms in total. The first-order valence-corrected chi connectivity index (χ1v) is 11.7. The van der Waals surface area contributed by atoms with E-state index in [0.717, 1.165) is 0 Å². The minimum absolute atomic E-state index is 1.33. The van der Waals surface area contributed by atoms with E-state index in [1.54, 1.807) is 0 Å². The van der Waals surface area contributed by atoms with Crippen LogP contribution in [0.1, 0.15) is 109 Å². The van der Waals surface area contributed by atoms with Crippen LogP contribution in [0.3, 0.4) is 0 Å². The summed E-state index contributed by atoms with van der Waals surface area (Å²) in [5.74, 6) is 0. The highest BCUT2D eigenvalue weighted by atomic mass is 14.0. The van der Waals surface area contributed by atoms with Gasteiger partial charge in [0.15, 0.2) is 0 Å². The summed E-state index contributed by atoms with van der Waals surface area (Å²) in [6.45, 7) is 6.72. The van der Waals surface area contributed by atoms with Gasteiger partial charge in [0.05, 0.1) is 0 Å². The van der Waals surface area contributed by atoms with Crippen molar-refractivity contribution in [3.8, 4) is 0 Å². The fraction of sp³-hybridized carbons (Fsp3) is 0.630. The van der Waals surface area contributed by atoms with E-state index in [9.17, 15) is 0 Å². The van der Waals surface area contributed by atoms with Gasteiger partial charge in [0.25, 0.3) is 0 Å². The zero-order chi connectivity index (χ0) is 19.6. The highest BCUT2D eigenvalue weighted by molar-refractivity contribution is 5.85. The summed E-state index contributed by atoms with van der Waals surface area (Å²) < 4.78 is 0. The third kappa shape index (κ3) is 11.9. The molecule has 0 unspecified atom stereocenters. The zero-order valence-electron chi connectivity index (χ0n) is 18.4. The molecule has 0 fully saturated rings. The summed E-state index contributed by atoms with van der Waals surface area (Å²) >= 11 is 0. The van der Waals surface area contributed by atoms with Gasteiger partial charge in [0.2, 0.25) is 0 Å². The lowest BCUT2D eigenvalue weighted by Crippen LogP contribution is -1.82. The standard InChI is InChI=1S/C16H34.C11H10/c1-3-5-7-9-11-13-15-16-14-12-10-8-6-4-2;1-9-5-4-7-10-6-2-3-8-11(9)10/h3-16H2,1-2H3;2-8H,1H3. The lowest BCUT2D eigenvalue weighted by atomic mass is 10.0. The van der Waals surface area contributed by atoms with Crippen LogP contribution in [0, 0.1) is 6.92 Å². The summed E-state index contributed by atoms with van der Waals surface area (Å²) in [7, 11) is 0. The van der Waals surface area contributed by atoms with Crippen LogP contribution in [0.4, 0.5) is 0 Å². The Bertz CT molecular complexity index is 550. The first kappa shape index (κ1) is 23.7. The summed E-state index contributed by atoms with van der Waals surface area (Å²) in [5.41, 5.74) is 1.35. The number of rotatable bonds is 13. The van der Waals surface area contributed by atoms with Crippen LogP contribution in [0.25, 0.3) is 10.8 Å². The number of aryl methyl sites for hydroxylation is 1. The minimum atomic E-state index is 1.33. The lowest BCUT2D eigenvalue weighted by Gasteiger charge is -2.02. The van der Waals surface area contributed by atoms with Gasteiger partial charge in [-0.2, -0.15) is 0 Å². The van der Waals surface area contributed by atoms with Crippen molar-refractivity contribution in [1.29, 1.82) is 0 Å². The largest absolute Gasteiger partial charge is 0.0654 e. The molecular formula is C27H44. The van der Waals surface area contributed by atoms with Gasteiger partial charge in [-0.05, 0) is 23.3 Å². The quantitative estimate of drug-likeness (QED) is 0.309. The van der Waals surface area contributed by atoms with Crippen molar-refractivity contribution >= 4 is 10.8 Å². The second kappa shape index (κ2) is 16.8. The van der Waals surface area contributed by atoms with Gasteiger partial charge >= 0.3 is 0 Å². The highest BCUT2D eigenvalue weighted by Crippen LogP contribution is 2.16. The van der Waals surface area contributed by atoms with Crippen molar-refractivity contribution in [3.05, 3.63) is 48.0 Å². The van der Waals surface area contributed by atoms with E-state index in [2.05, 4.69) is 63.2 Å². The van der Waals surface area contributed by atoms with Crippen LogP contribution in [-0.4, -0.2) is 0 Å². The van der Waals surface area contributed by atoms with E-state index < -0.39 is 0 Å². The lowest BCUT2D eigenvalue weighted by molar-refractivity contribution is 0.538. The molecule has 2 aromatic carbocycles. The molecule has 27 heavy (non-hydrogen) atoms. The molecule has 0 saturated carbocycles. The third-order valence-corrected chi connectivity index (χ3v) is 5.46. The predicted molar refractivity (Wildman–Crippen MR) is 125 cm³/mol. The number of hydrogen-bond donors (Lipinski definition) is 0. The van der Waals surface area contributed by atoms with Crippen molar-refractivity contribution in [1.82, 2.24) is 0 Å². The van der Waals surface area contributed by atoms with E-state index in [0.29, 0.717) is 0 Å². The molecule has 0 heterocycles. The molecule has 0 aliphatic carbocycles. The highest BCUT2D eigenvalue weighted by Gasteiger charge is 1.93. The van der Waals surface area contributed by atoms with Crippen LogP contribution in [0.2, 0.25) is 0 Å². The molecule has 0 radical (unpaired) electrons. The molecular weight excluding hydrogens is 324 g/mol. The average molecular weight is 369 g/mol. The summed E-state index contributed by atoms with van der Waals surface area (Å²) in [6, 6.07) is 14.8. The second-order valence-electron chi connectivity index (χ2n) is 8.04. The average Bonchev–Trinajstić information content (AvgIpc) is 2.70. The van der Waals surface area contributed by atoms with Gasteiger partial charge in [-0.1, -0.05) is 146 Å². The second-order valence-corrected chi connectivity index (χ2v) is 8.04. The Morgan fingerprint density at radius 3 is 1.33 bits per heavy atom. The SMILES string of the molecule is CCCCCCCCCCCCCCCC.Cc1cccc2ccccc12. The zero-order valence-corrected chi connectivity index (χ0v) is 18.4. The Morgan fingerprint density at radius 1 is 0.481 bits per heavy atom. The monoisotopic (exact) mass is 368 g/mol. The Kier molecular flexibility index (Phi) is 14.8. The Hall–Kier alpha value is -1.30. The number of hydrogen-bond acceptors (Lipinski definition) is 0. The Morgan fingerprint density at radius 2 is 0.889 bits per heavy atom. The van der Waals surface area contributed by atoms with E-state index in [1.165, 1.54) is 106 Å². The topological polar surface area (TPSA) is 0 Å². The molecule has 152 valence electrons. The smallest absolute Gasteiger partial charge is 0.0155 e. The summed E-state index contributed by atoms with van der Waals surface area (Å²) in [6.07, 6.45) is 20.4. The van der Waals surface area contributed by atoms with Crippen molar-refractivity contribution < 1.29 is 0 Å². The fourth-order valence-corrected chi connectivity index (χ4v) is 3.66. The van der Waals surface area contributed by atoms with Gasteiger partial charge in [0, 0.05) is 0 Å². The number of fused-ring (bicyclic) bond motifs is 1. The molecule has 0 N–H and O–H groups in total. The van der Waals surface area contributed by atoms with Crippen molar-refractivity contribution in [2.45, 2.75) is 111 Å². The molecule has 0 aliphatic heterocycles. The molecule has 0 amide bonds. The molecule has 0 atom stereocenters. The Labute approximate surface area is 169 Å². The maximum atomic E-state index is 2.29. The number of benzene rings is 2. The van der Waals surface area contributed by atoms with Gasteiger partial charge < -0.3 is 0 Å². The molecule has 0 heteroatoms. The van der Waals surface area contributed by atoms with E-state index in [-0.39, 0.29) is 0 Å². The maximum absolute atomic E-state index is 2.29. The molecule has 0 bridgehead atoms. The third-order valence-electron chi connectivity index (χ3n) is 5.46. The molecule has 0 saturated heterocycles. The van der Waals surface area contributed by atoms with Crippen LogP contribution in [0.5, 0.6) is 0 Å². The summed E-state index contributed by atoms with van der Waals surface area (Å²) in [5, 5.41) is 2.68. The van der Waals surface area contributed by atoms with Gasteiger partial charge in [-0.15, -0.1) is 0 Å². The van der Waals surface area contributed by atoms with Crippen LogP contribution in [-0.2, 0) is 0 Å². The Balaban J connectivity index is 0.000000285. The van der Waals surface area contributed by atoms with E-state index in [4.69, 9.17) is 0 Å². The fourth-order valence-electron chi connectivity index (χ4n) is 3.66. The van der Waals surface area contributed by atoms with Crippen molar-refractivity contribution in [3.63, 3.8) is 0 Å². The van der Waals surface area contributed by atoms with Crippen LogP contribution in [0.15, 0.2) is 42.5 Å². The van der Waals surface area contributed by atoms with Crippen LogP contribution < -0.4 is 0 Å². The molecule has 0 spiro atoms. The molecule has 2 aromatic rings. The van der Waals surface area contributed by atoms with Gasteiger partial charge in [0.1, 0.15) is 0 Å². The van der Waals surface area contributed by atoms with Crippen molar-refractivity contribution in [2.24, 2.45) is 0 Å². The van der Waals surface area contributed by atoms with E-state index >= 15 is 0 Å². The minimum Gasteiger partial charge on any atom is -0.0654 e. The van der Waals surface area contributed by atoms with Crippen molar-refractivity contribution in [2.75, 3.05) is 0 Å². The first-order valence-electron chi connectivity index (χ1n) is 11.7. The van der Waals surface area contributed by atoms with Gasteiger partial charge in [-0.3, -0.25) is 0 Å². The van der Waals surface area contributed by atoms with Crippen LogP contribution >= 0.6 is 0 Å². The first-order chi connectivity index (χ1) is 13.3. The normalized spacial score (nSPS) is 10.6. The molecule has 0 aromatic heterocycles. The van der Waals surface area contributed by atoms with E-state index in [1.807, 2.05) is 0 Å². The summed E-state index contributed by atoms with van der Waals surface area (Å²) in [4.78, 5) is 0. The molecule has 0 aliphatic rings. The molecule has 2 rings (SSSR count).